The van der Waals surface area contributed by atoms with Crippen LogP contribution < -0.4 is 0 Å². The molecule has 0 bridgehead atoms. The summed E-state index contributed by atoms with van der Waals surface area (Å²) in [5.41, 5.74) is 0. The fraction of sp³-hybridized carbons (Fsp3) is 1.00. The van der Waals surface area contributed by atoms with Gasteiger partial charge in [0.2, 0.25) is 0 Å². The third-order valence-electron chi connectivity index (χ3n) is 2.09. The summed E-state index contributed by atoms with van der Waals surface area (Å²) < 4.78 is 0. The lowest BCUT2D eigenvalue weighted by atomic mass is 10.1. The van der Waals surface area contributed by atoms with E-state index in [1.807, 2.05) is 0 Å². The van der Waals surface area contributed by atoms with Crippen molar-refractivity contribution in [1.82, 2.24) is 0 Å². The van der Waals surface area contributed by atoms with E-state index >= 15 is 0 Å². The van der Waals surface area contributed by atoms with Crippen molar-refractivity contribution in [2.75, 3.05) is 0 Å². The number of rotatable bonds is 6. The SMILES string of the molecule is CC(Cl)C(Cl)C(Cl)C(Cl)C(Cl)C(Cl)C(C)Cl. The third-order valence-corrected chi connectivity index (χ3v) is 6.34. The predicted molar refractivity (Wildman–Crippen MR) is 78.8 cm³/mol. The Morgan fingerprint density at radius 2 is 0.625 bits per heavy atom. The fourth-order valence-electron chi connectivity index (χ4n) is 1.03. The van der Waals surface area contributed by atoms with Gasteiger partial charge in [-0.1, -0.05) is 0 Å². The van der Waals surface area contributed by atoms with Crippen molar-refractivity contribution in [3.63, 3.8) is 0 Å². The molecule has 98 valence electrons. The van der Waals surface area contributed by atoms with Crippen molar-refractivity contribution in [1.29, 1.82) is 0 Å². The lowest BCUT2D eigenvalue weighted by Gasteiger charge is -2.29. The summed E-state index contributed by atoms with van der Waals surface area (Å²) in [7, 11) is 0. The minimum atomic E-state index is -0.601. The molecule has 0 N–H and O–H groups in total. The molecule has 0 heterocycles. The fourth-order valence-corrected chi connectivity index (χ4v) is 3.10. The minimum Gasteiger partial charge on any atom is -0.122 e. The van der Waals surface area contributed by atoms with Gasteiger partial charge in [0, 0.05) is 10.8 Å². The minimum absolute atomic E-state index is 0.309. The van der Waals surface area contributed by atoms with Crippen molar-refractivity contribution in [2.45, 2.75) is 51.5 Å². The first-order valence-corrected chi connectivity index (χ1v) is 7.74. The first kappa shape index (κ1) is 18.0. The molecule has 0 rings (SSSR count). The van der Waals surface area contributed by atoms with E-state index < -0.39 is 26.9 Å². The Labute approximate surface area is 132 Å². The van der Waals surface area contributed by atoms with Crippen LogP contribution in [0.4, 0.5) is 0 Å². The van der Waals surface area contributed by atoms with Gasteiger partial charge in [0.25, 0.3) is 0 Å². The van der Waals surface area contributed by atoms with Gasteiger partial charge < -0.3 is 0 Å². The maximum absolute atomic E-state index is 6.11. The molecule has 0 spiro atoms. The van der Waals surface area contributed by atoms with E-state index in [0.29, 0.717) is 0 Å². The summed E-state index contributed by atoms with van der Waals surface area (Å²) in [6, 6.07) is 0. The molecule has 0 saturated heterocycles. The van der Waals surface area contributed by atoms with Crippen LogP contribution in [0.5, 0.6) is 0 Å². The zero-order chi connectivity index (χ0) is 13.0. The molecule has 0 aliphatic rings. The molecule has 6 unspecified atom stereocenters. The van der Waals surface area contributed by atoms with Crippen LogP contribution in [0, 0.1) is 0 Å². The zero-order valence-corrected chi connectivity index (χ0v) is 14.0. The van der Waals surface area contributed by atoms with Gasteiger partial charge in [0.05, 0.1) is 26.9 Å². The molecule has 0 aliphatic heterocycles. The van der Waals surface area contributed by atoms with Gasteiger partial charge in [-0.25, -0.2) is 0 Å². The molecular formula is C9H13Cl7. The van der Waals surface area contributed by atoms with Gasteiger partial charge in [-0.2, -0.15) is 0 Å². The summed E-state index contributed by atoms with van der Waals surface area (Å²) in [4.78, 5) is 0. The molecule has 0 fully saturated rings. The highest BCUT2D eigenvalue weighted by molar-refractivity contribution is 6.42. The molecule has 0 aromatic carbocycles. The highest BCUT2D eigenvalue weighted by atomic mass is 35.5. The van der Waals surface area contributed by atoms with Crippen LogP contribution >= 0.6 is 81.2 Å². The highest BCUT2D eigenvalue weighted by Gasteiger charge is 2.37. The average Bonchev–Trinajstić information content (AvgIpc) is 2.23. The van der Waals surface area contributed by atoms with Gasteiger partial charge in [0.15, 0.2) is 0 Å². The first-order chi connectivity index (χ1) is 7.20. The molecule has 0 nitrogen and oxygen atoms in total. The first-order valence-electron chi connectivity index (χ1n) is 4.68. The second-order valence-corrected chi connectivity index (χ2v) is 7.47. The molecule has 0 radical (unpaired) electrons. The van der Waals surface area contributed by atoms with E-state index in [1.165, 1.54) is 0 Å². The summed E-state index contributed by atoms with van der Waals surface area (Å²) in [6.45, 7) is 3.48. The van der Waals surface area contributed by atoms with Crippen LogP contribution in [0.25, 0.3) is 0 Å². The highest BCUT2D eigenvalue weighted by Crippen LogP contribution is 2.32. The predicted octanol–water partition coefficient (Wildman–Crippen LogP) is 5.28. The van der Waals surface area contributed by atoms with Crippen LogP contribution in [0.15, 0.2) is 0 Å². The van der Waals surface area contributed by atoms with Gasteiger partial charge in [0.1, 0.15) is 0 Å². The average molecular weight is 369 g/mol. The topological polar surface area (TPSA) is 0 Å². The van der Waals surface area contributed by atoms with Crippen molar-refractivity contribution < 1.29 is 0 Å². The van der Waals surface area contributed by atoms with E-state index in [4.69, 9.17) is 81.2 Å². The van der Waals surface area contributed by atoms with Crippen molar-refractivity contribution in [3.8, 4) is 0 Å². The molecule has 6 atom stereocenters. The molecule has 0 aromatic heterocycles. The summed E-state index contributed by atoms with van der Waals surface area (Å²) in [5.74, 6) is 0. The Hall–Kier alpha value is 2.03. The van der Waals surface area contributed by atoms with E-state index in [-0.39, 0.29) is 10.8 Å². The standard InChI is InChI=1S/C9H13Cl7/c1-3(10)5(12)7(14)9(16)8(15)6(13)4(2)11/h3-9H,1-2H3. The lowest BCUT2D eigenvalue weighted by molar-refractivity contribution is 0.637. The van der Waals surface area contributed by atoms with E-state index in [2.05, 4.69) is 0 Å². The van der Waals surface area contributed by atoms with Crippen LogP contribution in [-0.4, -0.2) is 37.6 Å². The molecule has 0 saturated carbocycles. The third kappa shape index (κ3) is 5.34. The molecule has 16 heavy (non-hydrogen) atoms. The quantitative estimate of drug-likeness (QED) is 0.559. The van der Waals surface area contributed by atoms with Gasteiger partial charge >= 0.3 is 0 Å². The summed E-state index contributed by atoms with van der Waals surface area (Å²) in [5, 5.41) is -3.34. The van der Waals surface area contributed by atoms with Gasteiger partial charge in [-0.15, -0.1) is 81.2 Å². The lowest BCUT2D eigenvalue weighted by Crippen LogP contribution is -2.41. The maximum atomic E-state index is 6.11. The van der Waals surface area contributed by atoms with E-state index in [0.717, 1.165) is 0 Å². The maximum Gasteiger partial charge on any atom is 0.0693 e. The van der Waals surface area contributed by atoms with Gasteiger partial charge in [-0.05, 0) is 13.8 Å². The Morgan fingerprint density at radius 3 is 0.812 bits per heavy atom. The van der Waals surface area contributed by atoms with Crippen molar-refractivity contribution in [2.24, 2.45) is 0 Å². The zero-order valence-electron chi connectivity index (χ0n) is 8.69. The van der Waals surface area contributed by atoms with Gasteiger partial charge in [-0.3, -0.25) is 0 Å². The van der Waals surface area contributed by atoms with E-state index in [9.17, 15) is 0 Å². The molecular weight excluding hydrogens is 356 g/mol. The molecule has 0 aliphatic carbocycles. The smallest absolute Gasteiger partial charge is 0.0693 e. The Bertz CT molecular complexity index is 176. The second kappa shape index (κ2) is 8.25. The van der Waals surface area contributed by atoms with Crippen LogP contribution in [0.1, 0.15) is 13.8 Å². The summed E-state index contributed by atoms with van der Waals surface area (Å²) in [6.07, 6.45) is 0. The van der Waals surface area contributed by atoms with Crippen LogP contribution in [-0.2, 0) is 0 Å². The van der Waals surface area contributed by atoms with Crippen LogP contribution in [0.3, 0.4) is 0 Å². The van der Waals surface area contributed by atoms with E-state index in [1.54, 1.807) is 13.8 Å². The second-order valence-electron chi connectivity index (χ2n) is 3.58. The van der Waals surface area contributed by atoms with Crippen LogP contribution in [0.2, 0.25) is 0 Å². The monoisotopic (exact) mass is 366 g/mol. The largest absolute Gasteiger partial charge is 0.122 e. The summed E-state index contributed by atoms with van der Waals surface area (Å²) >= 11 is 42.0. The Kier molecular flexibility index (Phi) is 9.30. The van der Waals surface area contributed by atoms with Crippen molar-refractivity contribution in [3.05, 3.63) is 0 Å². The molecule has 7 heteroatoms. The Morgan fingerprint density at radius 1 is 0.438 bits per heavy atom. The number of halogens is 7. The number of hydrogen-bond donors (Lipinski definition) is 0. The molecule has 0 amide bonds. The number of hydrogen-bond acceptors (Lipinski definition) is 0. The molecule has 0 aromatic rings. The number of alkyl halides is 7. The normalized spacial score (nSPS) is 25.3. The Balaban J connectivity index is 4.48. The van der Waals surface area contributed by atoms with Crippen molar-refractivity contribution >= 4 is 81.2 Å².